The summed E-state index contributed by atoms with van der Waals surface area (Å²) in [4.78, 5) is 7.34. The Morgan fingerprint density at radius 3 is 2.65 bits per heavy atom. The molecule has 0 fully saturated rings. The second kappa shape index (κ2) is 4.55. The highest BCUT2D eigenvalue weighted by Gasteiger charge is 2.33. The smallest absolute Gasteiger partial charge is 0.217 e. The van der Waals surface area contributed by atoms with Crippen molar-refractivity contribution >= 4 is 21.7 Å². The molecule has 0 aliphatic heterocycles. The van der Waals surface area contributed by atoms with Gasteiger partial charge in [-0.15, -0.1) is 0 Å². The molecule has 0 atom stereocenters. The molecular weight excluding hydrogens is 337 g/mol. The Morgan fingerprint density at radius 2 is 1.95 bits per heavy atom. The first-order valence-electron chi connectivity index (χ1n) is 5.49. The maximum Gasteiger partial charge on any atom is 0.435 e. The van der Waals surface area contributed by atoms with Crippen LogP contribution in [0, 0.1) is 0 Å². The lowest BCUT2D eigenvalue weighted by Gasteiger charge is -2.05. The second-order valence-electron chi connectivity index (χ2n) is 4.00. The second-order valence-corrected chi connectivity index (χ2v) is 4.92. The molecule has 2 aromatic heterocycles. The van der Waals surface area contributed by atoms with Crippen LogP contribution in [0.25, 0.3) is 17.0 Å². The van der Waals surface area contributed by atoms with Gasteiger partial charge >= 0.3 is 6.18 Å². The van der Waals surface area contributed by atoms with Gasteiger partial charge in [-0.1, -0.05) is 28.1 Å². The van der Waals surface area contributed by atoms with Crippen molar-refractivity contribution in [3.05, 3.63) is 46.8 Å². The van der Waals surface area contributed by atoms with Gasteiger partial charge in [0, 0.05) is 10.0 Å². The Labute approximate surface area is 119 Å². The van der Waals surface area contributed by atoms with Crippen molar-refractivity contribution in [3.8, 4) is 11.3 Å². The van der Waals surface area contributed by atoms with Crippen LogP contribution in [0.5, 0.6) is 0 Å². The predicted octanol–water partition coefficient (Wildman–Crippen LogP) is 3.57. The zero-order chi connectivity index (χ0) is 14.3. The van der Waals surface area contributed by atoms with Gasteiger partial charge < -0.3 is 0 Å². The summed E-state index contributed by atoms with van der Waals surface area (Å²) in [6.07, 6.45) is -2.40. The maximum absolute atomic E-state index is 12.6. The normalized spacial score (nSPS) is 12.0. The number of alkyl halides is 3. The fourth-order valence-corrected chi connectivity index (χ4v) is 2.16. The van der Waals surface area contributed by atoms with E-state index < -0.39 is 11.9 Å². The molecule has 2 heterocycles. The summed E-state index contributed by atoms with van der Waals surface area (Å²) in [5.74, 6) is -0.0881. The van der Waals surface area contributed by atoms with Gasteiger partial charge in [0.2, 0.25) is 0 Å². The van der Waals surface area contributed by atoms with Crippen molar-refractivity contribution in [2.75, 3.05) is 0 Å². The molecule has 102 valence electrons. The molecule has 8 heteroatoms. The number of aromatic nitrogens is 4. The minimum absolute atomic E-state index is 0.0881. The van der Waals surface area contributed by atoms with Crippen molar-refractivity contribution in [1.82, 2.24) is 19.6 Å². The minimum Gasteiger partial charge on any atom is -0.217 e. The topological polar surface area (TPSA) is 43.1 Å². The lowest BCUT2D eigenvalue weighted by molar-refractivity contribution is -0.141. The molecule has 3 aromatic rings. The van der Waals surface area contributed by atoms with Gasteiger partial charge in [-0.25, -0.2) is 9.97 Å². The first kappa shape index (κ1) is 13.0. The van der Waals surface area contributed by atoms with Crippen LogP contribution in [0.4, 0.5) is 13.2 Å². The molecule has 0 aliphatic carbocycles. The highest BCUT2D eigenvalue weighted by molar-refractivity contribution is 9.10. The molecule has 0 saturated heterocycles. The largest absolute Gasteiger partial charge is 0.435 e. The van der Waals surface area contributed by atoms with E-state index in [0.717, 1.165) is 10.0 Å². The number of imidazole rings is 1. The Balaban J connectivity index is 2.15. The summed E-state index contributed by atoms with van der Waals surface area (Å²) in [6, 6.07) is 7.30. The number of benzene rings is 1. The summed E-state index contributed by atoms with van der Waals surface area (Å²) in [6.45, 7) is 0. The molecular formula is C12H6BrF3N4. The lowest BCUT2D eigenvalue weighted by atomic mass is 10.2. The van der Waals surface area contributed by atoms with Crippen LogP contribution in [0.15, 0.2) is 41.1 Å². The van der Waals surface area contributed by atoms with E-state index in [1.807, 2.05) is 24.3 Å². The van der Waals surface area contributed by atoms with Gasteiger partial charge in [0.25, 0.3) is 5.78 Å². The SMILES string of the molecule is FC(F)(F)c1cnn2c(-c3cccc(Br)c3)cnc2n1. The van der Waals surface area contributed by atoms with E-state index in [0.29, 0.717) is 11.9 Å². The summed E-state index contributed by atoms with van der Waals surface area (Å²) in [5, 5.41) is 3.77. The number of hydrogen-bond donors (Lipinski definition) is 0. The van der Waals surface area contributed by atoms with Gasteiger partial charge in [-0.2, -0.15) is 22.8 Å². The van der Waals surface area contributed by atoms with Crippen molar-refractivity contribution in [2.45, 2.75) is 6.18 Å². The molecule has 4 nitrogen and oxygen atoms in total. The molecule has 0 radical (unpaired) electrons. The number of fused-ring (bicyclic) bond motifs is 1. The first-order chi connectivity index (χ1) is 9.45. The van der Waals surface area contributed by atoms with Crippen molar-refractivity contribution < 1.29 is 13.2 Å². The van der Waals surface area contributed by atoms with Crippen molar-refractivity contribution in [2.24, 2.45) is 0 Å². The molecule has 0 aliphatic rings. The summed E-state index contributed by atoms with van der Waals surface area (Å²) < 4.78 is 39.8. The third-order valence-electron chi connectivity index (χ3n) is 2.65. The van der Waals surface area contributed by atoms with Gasteiger partial charge in [0.1, 0.15) is 0 Å². The third-order valence-corrected chi connectivity index (χ3v) is 3.14. The first-order valence-corrected chi connectivity index (χ1v) is 6.28. The van der Waals surface area contributed by atoms with Crippen LogP contribution in [0.3, 0.4) is 0 Å². The van der Waals surface area contributed by atoms with E-state index in [1.54, 1.807) is 0 Å². The Hall–Kier alpha value is -1.96. The maximum atomic E-state index is 12.6. The van der Waals surface area contributed by atoms with Crippen LogP contribution in [-0.2, 0) is 6.18 Å². The van der Waals surface area contributed by atoms with Gasteiger partial charge in [-0.3, -0.25) is 0 Å². The molecule has 0 N–H and O–H groups in total. The zero-order valence-electron chi connectivity index (χ0n) is 9.76. The summed E-state index contributed by atoms with van der Waals surface area (Å²) in [5.41, 5.74) is 0.292. The van der Waals surface area contributed by atoms with E-state index in [1.165, 1.54) is 10.7 Å². The molecule has 20 heavy (non-hydrogen) atoms. The number of nitrogens with zero attached hydrogens (tertiary/aromatic N) is 4. The van der Waals surface area contributed by atoms with Crippen LogP contribution in [-0.4, -0.2) is 19.6 Å². The molecule has 0 saturated carbocycles. The van der Waals surface area contributed by atoms with E-state index >= 15 is 0 Å². The minimum atomic E-state index is -4.53. The molecule has 1 aromatic carbocycles. The number of rotatable bonds is 1. The van der Waals surface area contributed by atoms with E-state index in [2.05, 4.69) is 31.0 Å². The molecule has 0 amide bonds. The van der Waals surface area contributed by atoms with Crippen LogP contribution < -0.4 is 0 Å². The summed E-state index contributed by atoms with van der Waals surface area (Å²) >= 11 is 3.34. The number of halogens is 4. The Kier molecular flexibility index (Phi) is 2.97. The molecule has 0 bridgehead atoms. The molecule has 0 spiro atoms. The Bertz CT molecular complexity index is 782. The van der Waals surface area contributed by atoms with Gasteiger partial charge in [0.05, 0.1) is 18.1 Å². The zero-order valence-corrected chi connectivity index (χ0v) is 11.4. The van der Waals surface area contributed by atoms with E-state index in [-0.39, 0.29) is 5.78 Å². The molecule has 3 rings (SSSR count). The van der Waals surface area contributed by atoms with Crippen LogP contribution in [0.1, 0.15) is 5.69 Å². The van der Waals surface area contributed by atoms with E-state index in [4.69, 9.17) is 0 Å². The standard InChI is InChI=1S/C12H6BrF3N4/c13-8-3-1-2-7(4-8)9-5-17-11-19-10(12(14,15)16)6-18-20(9)11/h1-6H. The monoisotopic (exact) mass is 342 g/mol. The summed E-state index contributed by atoms with van der Waals surface area (Å²) in [7, 11) is 0. The fourth-order valence-electron chi connectivity index (χ4n) is 1.76. The van der Waals surface area contributed by atoms with Crippen molar-refractivity contribution in [1.29, 1.82) is 0 Å². The molecule has 0 unspecified atom stereocenters. The lowest BCUT2D eigenvalue weighted by Crippen LogP contribution is -2.11. The number of hydrogen-bond acceptors (Lipinski definition) is 3. The average Bonchev–Trinajstić information content (AvgIpc) is 2.80. The van der Waals surface area contributed by atoms with Crippen molar-refractivity contribution in [3.63, 3.8) is 0 Å². The van der Waals surface area contributed by atoms with E-state index in [9.17, 15) is 13.2 Å². The highest BCUT2D eigenvalue weighted by Crippen LogP contribution is 2.28. The van der Waals surface area contributed by atoms with Crippen LogP contribution >= 0.6 is 15.9 Å². The van der Waals surface area contributed by atoms with Gasteiger partial charge in [0.15, 0.2) is 5.69 Å². The Morgan fingerprint density at radius 1 is 1.15 bits per heavy atom. The average molecular weight is 343 g/mol. The van der Waals surface area contributed by atoms with Gasteiger partial charge in [-0.05, 0) is 12.1 Å². The fraction of sp³-hybridized carbons (Fsp3) is 0.0833. The van der Waals surface area contributed by atoms with Crippen LogP contribution in [0.2, 0.25) is 0 Å². The highest BCUT2D eigenvalue weighted by atomic mass is 79.9. The predicted molar refractivity (Wildman–Crippen MR) is 68.9 cm³/mol. The quantitative estimate of drug-likeness (QED) is 0.678. The third kappa shape index (κ3) is 2.26.